The molecule has 2 nitrogen and oxygen atoms in total. The number of allylic oxidation sites excluding steroid dienone is 2. The van der Waals surface area contributed by atoms with Crippen LogP contribution in [0.2, 0.25) is 0 Å². The summed E-state index contributed by atoms with van der Waals surface area (Å²) in [7, 11) is 0. The van der Waals surface area contributed by atoms with Crippen LogP contribution in [0, 0.1) is 17.8 Å². The molecule has 0 bridgehead atoms. The molecule has 14 heavy (non-hydrogen) atoms. The van der Waals surface area contributed by atoms with Crippen LogP contribution in [0.1, 0.15) is 12.8 Å². The Morgan fingerprint density at radius 1 is 1.07 bits per heavy atom. The van der Waals surface area contributed by atoms with Crippen LogP contribution in [-0.2, 0) is 0 Å². The van der Waals surface area contributed by atoms with Crippen LogP contribution in [0.3, 0.4) is 0 Å². The molecule has 0 radical (unpaired) electrons. The molecule has 3 rings (SSSR count). The van der Waals surface area contributed by atoms with Gasteiger partial charge in [0.2, 0.25) is 0 Å². The Bertz CT molecular complexity index is 216. The largest absolute Gasteiger partial charge is 0.316 e. The predicted molar refractivity (Wildman–Crippen MR) is 58.2 cm³/mol. The van der Waals surface area contributed by atoms with Crippen molar-refractivity contribution in [3.05, 3.63) is 12.2 Å². The van der Waals surface area contributed by atoms with E-state index in [1.807, 2.05) is 0 Å². The molecule has 0 saturated carbocycles. The fraction of sp³-hybridized carbons (Fsp3) is 0.833. The van der Waals surface area contributed by atoms with Crippen molar-refractivity contribution in [1.82, 2.24) is 10.2 Å². The summed E-state index contributed by atoms with van der Waals surface area (Å²) in [6.45, 7) is 6.59. The predicted octanol–water partition coefficient (Wildman–Crippen LogP) is 1.10. The molecule has 1 aliphatic carbocycles. The molecule has 2 unspecified atom stereocenters. The second kappa shape index (κ2) is 3.67. The van der Waals surface area contributed by atoms with Crippen molar-refractivity contribution < 1.29 is 0 Å². The monoisotopic (exact) mass is 192 g/mol. The zero-order valence-electron chi connectivity index (χ0n) is 8.78. The van der Waals surface area contributed by atoms with Crippen LogP contribution < -0.4 is 5.32 Å². The summed E-state index contributed by atoms with van der Waals surface area (Å²) >= 11 is 0. The first kappa shape index (κ1) is 8.93. The summed E-state index contributed by atoms with van der Waals surface area (Å²) in [6.07, 6.45) is 7.44. The molecule has 0 aromatic heterocycles. The second-order valence-electron chi connectivity index (χ2n) is 5.21. The van der Waals surface area contributed by atoms with Gasteiger partial charge in [0.05, 0.1) is 0 Å². The van der Waals surface area contributed by atoms with Gasteiger partial charge >= 0.3 is 0 Å². The molecule has 0 amide bonds. The summed E-state index contributed by atoms with van der Waals surface area (Å²) in [4.78, 5) is 2.70. The third kappa shape index (κ3) is 1.61. The Hall–Kier alpha value is -0.340. The number of likely N-dealkylation sites (tertiary alicyclic amines) is 1. The first-order valence-corrected chi connectivity index (χ1v) is 6.00. The summed E-state index contributed by atoms with van der Waals surface area (Å²) in [6, 6.07) is 0. The van der Waals surface area contributed by atoms with Gasteiger partial charge in [-0.3, -0.25) is 0 Å². The molecule has 0 aromatic carbocycles. The van der Waals surface area contributed by atoms with Crippen molar-refractivity contribution in [2.24, 2.45) is 17.8 Å². The van der Waals surface area contributed by atoms with Gasteiger partial charge in [0.1, 0.15) is 0 Å². The van der Waals surface area contributed by atoms with Crippen LogP contribution in [0.5, 0.6) is 0 Å². The van der Waals surface area contributed by atoms with Crippen LogP contribution in [0.15, 0.2) is 12.2 Å². The lowest BCUT2D eigenvalue weighted by Gasteiger charge is -2.31. The van der Waals surface area contributed by atoms with Gasteiger partial charge < -0.3 is 10.2 Å². The Kier molecular flexibility index (Phi) is 2.34. The molecule has 0 spiro atoms. The molecule has 0 aromatic rings. The highest BCUT2D eigenvalue weighted by Crippen LogP contribution is 2.33. The Morgan fingerprint density at radius 3 is 2.21 bits per heavy atom. The van der Waals surface area contributed by atoms with Crippen LogP contribution in [-0.4, -0.2) is 37.6 Å². The maximum Gasteiger partial charge on any atom is 0.00342 e. The standard InChI is InChI=1S/C12H20N2/c1-2-4-12-9-14(8-11(12)3-1)7-10-5-13-6-10/h1-2,10-13H,3-9H2. The van der Waals surface area contributed by atoms with Crippen LogP contribution in [0.25, 0.3) is 0 Å². The number of hydrogen-bond donors (Lipinski definition) is 1. The minimum atomic E-state index is 0.947. The molecule has 78 valence electrons. The van der Waals surface area contributed by atoms with Crippen molar-refractivity contribution in [2.75, 3.05) is 32.7 Å². The summed E-state index contributed by atoms with van der Waals surface area (Å²) in [5.74, 6) is 2.91. The highest BCUT2D eigenvalue weighted by atomic mass is 15.2. The van der Waals surface area contributed by atoms with E-state index in [0.29, 0.717) is 0 Å². The van der Waals surface area contributed by atoms with E-state index >= 15 is 0 Å². The molecule has 2 aliphatic heterocycles. The molecule has 3 aliphatic rings. The molecule has 2 heteroatoms. The Balaban J connectivity index is 1.53. The highest BCUT2D eigenvalue weighted by Gasteiger charge is 2.34. The zero-order chi connectivity index (χ0) is 9.38. The normalized spacial score (nSPS) is 38.3. The Morgan fingerprint density at radius 2 is 1.71 bits per heavy atom. The molecule has 2 heterocycles. The van der Waals surface area contributed by atoms with Crippen molar-refractivity contribution in [3.63, 3.8) is 0 Å². The SMILES string of the molecule is C1=CCC2CN(CC3CNC3)CC2C1. The summed E-state index contributed by atoms with van der Waals surface area (Å²) < 4.78 is 0. The topological polar surface area (TPSA) is 15.3 Å². The number of rotatable bonds is 2. The van der Waals surface area contributed by atoms with E-state index in [2.05, 4.69) is 22.4 Å². The van der Waals surface area contributed by atoms with Crippen molar-refractivity contribution >= 4 is 0 Å². The molecule has 2 saturated heterocycles. The lowest BCUT2D eigenvalue weighted by molar-refractivity contribution is 0.217. The van der Waals surface area contributed by atoms with Crippen molar-refractivity contribution in [2.45, 2.75) is 12.8 Å². The minimum Gasteiger partial charge on any atom is -0.316 e. The highest BCUT2D eigenvalue weighted by molar-refractivity contribution is 4.99. The number of hydrogen-bond acceptors (Lipinski definition) is 2. The quantitative estimate of drug-likeness (QED) is 0.659. The fourth-order valence-corrected chi connectivity index (χ4v) is 3.10. The average Bonchev–Trinajstić information content (AvgIpc) is 2.53. The first-order chi connectivity index (χ1) is 6.92. The van der Waals surface area contributed by atoms with Crippen molar-refractivity contribution in [1.29, 1.82) is 0 Å². The number of nitrogens with one attached hydrogen (secondary N) is 1. The number of fused-ring (bicyclic) bond motifs is 1. The second-order valence-corrected chi connectivity index (χ2v) is 5.21. The van der Waals surface area contributed by atoms with E-state index in [1.54, 1.807) is 0 Å². The van der Waals surface area contributed by atoms with Gasteiger partial charge in [-0.05, 0) is 30.6 Å². The van der Waals surface area contributed by atoms with Gasteiger partial charge in [0.15, 0.2) is 0 Å². The van der Waals surface area contributed by atoms with E-state index < -0.39 is 0 Å². The third-order valence-corrected chi connectivity index (χ3v) is 4.08. The minimum absolute atomic E-state index is 0.947. The average molecular weight is 192 g/mol. The molecular weight excluding hydrogens is 172 g/mol. The molecule has 2 fully saturated rings. The Labute approximate surface area is 86.4 Å². The smallest absolute Gasteiger partial charge is 0.00342 e. The van der Waals surface area contributed by atoms with Gasteiger partial charge in [-0.2, -0.15) is 0 Å². The summed E-state index contributed by atoms with van der Waals surface area (Å²) in [5.41, 5.74) is 0. The first-order valence-electron chi connectivity index (χ1n) is 6.00. The zero-order valence-corrected chi connectivity index (χ0v) is 8.78. The molecule has 2 atom stereocenters. The lowest BCUT2D eigenvalue weighted by atomic mass is 9.86. The van der Waals surface area contributed by atoms with Gasteiger partial charge in [-0.25, -0.2) is 0 Å². The fourth-order valence-electron chi connectivity index (χ4n) is 3.10. The molecular formula is C12H20N2. The van der Waals surface area contributed by atoms with Gasteiger partial charge in [0.25, 0.3) is 0 Å². The van der Waals surface area contributed by atoms with E-state index in [1.165, 1.54) is 45.6 Å². The van der Waals surface area contributed by atoms with E-state index in [-0.39, 0.29) is 0 Å². The van der Waals surface area contributed by atoms with E-state index in [9.17, 15) is 0 Å². The van der Waals surface area contributed by atoms with Crippen LogP contribution in [0.4, 0.5) is 0 Å². The summed E-state index contributed by atoms with van der Waals surface area (Å²) in [5, 5.41) is 3.36. The third-order valence-electron chi connectivity index (χ3n) is 4.08. The lowest BCUT2D eigenvalue weighted by Crippen LogP contribution is -2.47. The van der Waals surface area contributed by atoms with Gasteiger partial charge in [0, 0.05) is 32.7 Å². The van der Waals surface area contributed by atoms with Crippen LogP contribution >= 0.6 is 0 Å². The molecule has 1 N–H and O–H groups in total. The maximum absolute atomic E-state index is 3.36. The van der Waals surface area contributed by atoms with E-state index in [0.717, 1.165) is 17.8 Å². The van der Waals surface area contributed by atoms with E-state index in [4.69, 9.17) is 0 Å². The van der Waals surface area contributed by atoms with Crippen molar-refractivity contribution in [3.8, 4) is 0 Å². The van der Waals surface area contributed by atoms with Gasteiger partial charge in [-0.1, -0.05) is 12.2 Å². The number of nitrogens with zero attached hydrogens (tertiary/aromatic N) is 1. The maximum atomic E-state index is 3.36. The van der Waals surface area contributed by atoms with Gasteiger partial charge in [-0.15, -0.1) is 0 Å².